The van der Waals surface area contributed by atoms with E-state index in [-0.39, 0.29) is 11.3 Å². The maximum atomic E-state index is 10.8. The lowest BCUT2D eigenvalue weighted by Crippen LogP contribution is -1.92. The zero-order chi connectivity index (χ0) is 15.6. The van der Waals surface area contributed by atoms with Crippen LogP contribution in [0.4, 0.5) is 11.4 Å². The van der Waals surface area contributed by atoms with Crippen LogP contribution in [0.3, 0.4) is 0 Å². The standard InChI is InChI=1S/C13H7Br2ClN2O3/c14-8-3-7(13(19)12(4-8)18(20)21)6-17-9-1-2-10(15)11(16)5-9/h1-6,19H. The Hall–Kier alpha value is -1.44. The molecule has 0 saturated heterocycles. The Bertz CT molecular complexity index is 750. The molecule has 8 heteroatoms. The number of nitrogens with zero attached hydrogens (tertiary/aromatic N) is 2. The van der Waals surface area contributed by atoms with Gasteiger partial charge in [-0.3, -0.25) is 15.1 Å². The predicted octanol–water partition coefficient (Wildman–Crippen LogP) is 5.23. The molecule has 5 nitrogen and oxygen atoms in total. The summed E-state index contributed by atoms with van der Waals surface area (Å²) in [6, 6.07) is 7.84. The molecule has 0 fully saturated rings. The molecule has 0 aliphatic rings. The van der Waals surface area contributed by atoms with Gasteiger partial charge in [-0.15, -0.1) is 0 Å². The van der Waals surface area contributed by atoms with Crippen molar-refractivity contribution in [3.8, 4) is 5.75 Å². The van der Waals surface area contributed by atoms with Crippen molar-refractivity contribution in [1.29, 1.82) is 0 Å². The van der Waals surface area contributed by atoms with Gasteiger partial charge in [-0.1, -0.05) is 27.5 Å². The summed E-state index contributed by atoms with van der Waals surface area (Å²) in [6.07, 6.45) is 1.34. The molecule has 0 saturated carbocycles. The zero-order valence-electron chi connectivity index (χ0n) is 10.3. The van der Waals surface area contributed by atoms with Gasteiger partial charge in [0.15, 0.2) is 0 Å². The molecule has 0 bridgehead atoms. The van der Waals surface area contributed by atoms with Crippen molar-refractivity contribution < 1.29 is 10.0 Å². The van der Waals surface area contributed by atoms with Gasteiger partial charge in [-0.05, 0) is 40.2 Å². The molecule has 0 aromatic heterocycles. The molecule has 21 heavy (non-hydrogen) atoms. The van der Waals surface area contributed by atoms with E-state index in [0.29, 0.717) is 15.2 Å². The molecule has 108 valence electrons. The minimum Gasteiger partial charge on any atom is -0.502 e. The van der Waals surface area contributed by atoms with Crippen LogP contribution in [0.1, 0.15) is 5.56 Å². The average Bonchev–Trinajstić information content (AvgIpc) is 2.42. The fourth-order valence-electron chi connectivity index (χ4n) is 1.55. The van der Waals surface area contributed by atoms with Crippen molar-refractivity contribution in [2.45, 2.75) is 0 Å². The zero-order valence-corrected chi connectivity index (χ0v) is 14.2. The second-order valence-electron chi connectivity index (χ2n) is 3.98. The summed E-state index contributed by atoms with van der Waals surface area (Å²) < 4.78 is 1.21. The number of benzene rings is 2. The third-order valence-electron chi connectivity index (χ3n) is 2.54. The normalized spacial score (nSPS) is 11.0. The number of hydrogen-bond acceptors (Lipinski definition) is 4. The van der Waals surface area contributed by atoms with E-state index < -0.39 is 10.7 Å². The molecule has 2 aromatic rings. The van der Waals surface area contributed by atoms with E-state index in [0.717, 1.165) is 4.47 Å². The fourth-order valence-corrected chi connectivity index (χ4v) is 2.44. The van der Waals surface area contributed by atoms with Crippen LogP contribution in [0.2, 0.25) is 5.02 Å². The highest BCUT2D eigenvalue weighted by atomic mass is 79.9. The van der Waals surface area contributed by atoms with Gasteiger partial charge in [0.05, 0.1) is 15.6 Å². The quantitative estimate of drug-likeness (QED) is 0.408. The Kier molecular flexibility index (Phi) is 4.97. The van der Waals surface area contributed by atoms with Crippen LogP contribution in [0.5, 0.6) is 5.75 Å². The van der Waals surface area contributed by atoms with E-state index in [1.165, 1.54) is 18.3 Å². The van der Waals surface area contributed by atoms with Crippen LogP contribution >= 0.6 is 43.5 Å². The summed E-state index contributed by atoms with van der Waals surface area (Å²) in [5.74, 6) is -0.435. The number of rotatable bonds is 3. The number of hydrogen-bond donors (Lipinski definition) is 1. The van der Waals surface area contributed by atoms with Crippen LogP contribution < -0.4 is 0 Å². The van der Waals surface area contributed by atoms with Gasteiger partial charge in [0.25, 0.3) is 0 Å². The number of nitro groups is 1. The molecule has 0 radical (unpaired) electrons. The number of aromatic hydroxyl groups is 1. The highest BCUT2D eigenvalue weighted by Gasteiger charge is 2.17. The topological polar surface area (TPSA) is 75.7 Å². The van der Waals surface area contributed by atoms with E-state index in [1.54, 1.807) is 18.2 Å². The monoisotopic (exact) mass is 432 g/mol. The summed E-state index contributed by atoms with van der Waals surface area (Å²) >= 11 is 12.4. The SMILES string of the molecule is O=[N+]([O-])c1cc(Br)cc(C=Nc2ccc(Br)c(Cl)c2)c1O. The van der Waals surface area contributed by atoms with Gasteiger partial charge in [0.2, 0.25) is 5.75 Å². The van der Waals surface area contributed by atoms with Gasteiger partial charge in [-0.25, -0.2) is 0 Å². The van der Waals surface area contributed by atoms with Crippen LogP contribution in [-0.2, 0) is 0 Å². The summed E-state index contributed by atoms with van der Waals surface area (Å²) in [6.45, 7) is 0. The second kappa shape index (κ2) is 6.55. The highest BCUT2D eigenvalue weighted by Crippen LogP contribution is 2.33. The Morgan fingerprint density at radius 1 is 1.29 bits per heavy atom. The molecule has 2 aromatic carbocycles. The summed E-state index contributed by atoms with van der Waals surface area (Å²) in [7, 11) is 0. The number of phenols is 1. The van der Waals surface area contributed by atoms with Crippen molar-refractivity contribution >= 4 is 61.1 Å². The van der Waals surface area contributed by atoms with E-state index in [2.05, 4.69) is 36.9 Å². The molecule has 0 aliphatic heterocycles. The molecule has 0 heterocycles. The maximum absolute atomic E-state index is 10.8. The number of aliphatic imine (C=N–C) groups is 1. The van der Waals surface area contributed by atoms with Crippen LogP contribution in [0.25, 0.3) is 0 Å². The lowest BCUT2D eigenvalue weighted by molar-refractivity contribution is -0.385. The van der Waals surface area contributed by atoms with Crippen molar-refractivity contribution in [3.63, 3.8) is 0 Å². The van der Waals surface area contributed by atoms with Gasteiger partial charge >= 0.3 is 5.69 Å². The lowest BCUT2D eigenvalue weighted by atomic mass is 10.2. The average molecular weight is 434 g/mol. The van der Waals surface area contributed by atoms with Gasteiger partial charge < -0.3 is 5.11 Å². The first-order valence-corrected chi connectivity index (χ1v) is 7.51. The Morgan fingerprint density at radius 3 is 2.62 bits per heavy atom. The minimum atomic E-state index is -0.659. The molecule has 0 amide bonds. The van der Waals surface area contributed by atoms with Crippen LogP contribution in [0.15, 0.2) is 44.3 Å². The van der Waals surface area contributed by atoms with E-state index in [4.69, 9.17) is 11.6 Å². The highest BCUT2D eigenvalue weighted by molar-refractivity contribution is 9.10. The molecular weight excluding hydrogens is 427 g/mol. The van der Waals surface area contributed by atoms with Crippen molar-refractivity contribution in [1.82, 2.24) is 0 Å². The van der Waals surface area contributed by atoms with Gasteiger partial charge in [0.1, 0.15) is 0 Å². The molecule has 0 unspecified atom stereocenters. The third kappa shape index (κ3) is 3.81. The second-order valence-corrected chi connectivity index (χ2v) is 6.15. The van der Waals surface area contributed by atoms with Crippen molar-refractivity contribution in [2.24, 2.45) is 4.99 Å². The molecular formula is C13H7Br2ClN2O3. The summed E-state index contributed by atoms with van der Waals surface area (Å²) in [5.41, 5.74) is 0.403. The molecule has 1 N–H and O–H groups in total. The lowest BCUT2D eigenvalue weighted by Gasteiger charge is -2.02. The molecule has 0 atom stereocenters. The predicted molar refractivity (Wildman–Crippen MR) is 88.9 cm³/mol. The fraction of sp³-hybridized carbons (Fsp3) is 0. The first kappa shape index (κ1) is 15.9. The van der Waals surface area contributed by atoms with Crippen molar-refractivity contribution in [2.75, 3.05) is 0 Å². The minimum absolute atomic E-state index is 0.232. The smallest absolute Gasteiger partial charge is 0.312 e. The van der Waals surface area contributed by atoms with Crippen LogP contribution in [0, 0.1) is 10.1 Å². The third-order valence-corrected chi connectivity index (χ3v) is 4.23. The van der Waals surface area contributed by atoms with Gasteiger partial charge in [-0.2, -0.15) is 0 Å². The number of halogens is 3. The maximum Gasteiger partial charge on any atom is 0.312 e. The molecule has 0 spiro atoms. The molecule has 0 aliphatic carbocycles. The molecule has 2 rings (SSSR count). The first-order valence-electron chi connectivity index (χ1n) is 5.54. The first-order chi connectivity index (χ1) is 9.88. The van der Waals surface area contributed by atoms with Gasteiger partial charge in [0, 0.05) is 26.8 Å². The Labute approximate surface area is 141 Å². The van der Waals surface area contributed by atoms with E-state index >= 15 is 0 Å². The Balaban J connectivity index is 2.41. The Morgan fingerprint density at radius 2 is 2.00 bits per heavy atom. The summed E-state index contributed by atoms with van der Waals surface area (Å²) in [5, 5.41) is 21.2. The van der Waals surface area contributed by atoms with E-state index in [9.17, 15) is 15.2 Å². The van der Waals surface area contributed by atoms with Crippen LogP contribution in [-0.4, -0.2) is 16.2 Å². The van der Waals surface area contributed by atoms with E-state index in [1.807, 2.05) is 0 Å². The summed E-state index contributed by atoms with van der Waals surface area (Å²) in [4.78, 5) is 14.3. The number of phenolic OH excluding ortho intramolecular Hbond substituents is 1. The number of nitro benzene ring substituents is 1. The largest absolute Gasteiger partial charge is 0.502 e. The van der Waals surface area contributed by atoms with Crippen molar-refractivity contribution in [3.05, 3.63) is 60.0 Å².